The SMILES string of the molecule is COc1ccccc1NC(=O)c1cccc(C(=O)N2CCc3ccccc3C2)n1. The highest BCUT2D eigenvalue weighted by Gasteiger charge is 2.23. The van der Waals surface area contributed by atoms with Crippen LogP contribution in [0.4, 0.5) is 5.69 Å². The molecule has 0 aliphatic carbocycles. The minimum Gasteiger partial charge on any atom is -0.495 e. The topological polar surface area (TPSA) is 71.5 Å². The quantitative estimate of drug-likeness (QED) is 0.743. The normalized spacial score (nSPS) is 12.8. The molecule has 2 amide bonds. The summed E-state index contributed by atoms with van der Waals surface area (Å²) in [5, 5.41) is 2.79. The summed E-state index contributed by atoms with van der Waals surface area (Å²) in [4.78, 5) is 31.7. The van der Waals surface area contributed by atoms with Crippen LogP contribution in [0.5, 0.6) is 5.75 Å². The monoisotopic (exact) mass is 387 g/mol. The van der Waals surface area contributed by atoms with Crippen molar-refractivity contribution >= 4 is 17.5 Å². The molecule has 29 heavy (non-hydrogen) atoms. The van der Waals surface area contributed by atoms with E-state index in [-0.39, 0.29) is 17.3 Å². The fourth-order valence-electron chi connectivity index (χ4n) is 3.45. The zero-order chi connectivity index (χ0) is 20.2. The Morgan fingerprint density at radius 2 is 1.66 bits per heavy atom. The molecule has 4 rings (SSSR count). The summed E-state index contributed by atoms with van der Waals surface area (Å²) >= 11 is 0. The molecule has 3 aromatic rings. The van der Waals surface area contributed by atoms with Gasteiger partial charge in [0, 0.05) is 13.1 Å². The van der Waals surface area contributed by atoms with Crippen molar-refractivity contribution < 1.29 is 14.3 Å². The van der Waals surface area contributed by atoms with Crippen molar-refractivity contribution in [1.29, 1.82) is 0 Å². The van der Waals surface area contributed by atoms with Gasteiger partial charge in [-0.3, -0.25) is 9.59 Å². The number of anilines is 1. The Morgan fingerprint density at radius 3 is 2.48 bits per heavy atom. The molecule has 1 aromatic heterocycles. The van der Waals surface area contributed by atoms with Crippen molar-refractivity contribution in [2.75, 3.05) is 19.0 Å². The Balaban J connectivity index is 1.51. The average Bonchev–Trinajstić information content (AvgIpc) is 2.78. The number of aromatic nitrogens is 1. The molecule has 0 saturated carbocycles. The molecule has 2 heterocycles. The summed E-state index contributed by atoms with van der Waals surface area (Å²) in [6.07, 6.45) is 0.815. The largest absolute Gasteiger partial charge is 0.495 e. The lowest BCUT2D eigenvalue weighted by Gasteiger charge is -2.28. The van der Waals surface area contributed by atoms with Crippen LogP contribution in [0.3, 0.4) is 0 Å². The van der Waals surface area contributed by atoms with Gasteiger partial charge in [-0.15, -0.1) is 0 Å². The van der Waals surface area contributed by atoms with E-state index in [1.807, 2.05) is 24.3 Å². The van der Waals surface area contributed by atoms with E-state index in [1.54, 1.807) is 48.4 Å². The second-order valence-corrected chi connectivity index (χ2v) is 6.81. The predicted octanol–water partition coefficient (Wildman–Crippen LogP) is 3.54. The summed E-state index contributed by atoms with van der Waals surface area (Å²) in [6.45, 7) is 1.18. The van der Waals surface area contributed by atoms with Gasteiger partial charge in [0.2, 0.25) is 0 Å². The van der Waals surface area contributed by atoms with Gasteiger partial charge >= 0.3 is 0 Å². The number of ether oxygens (including phenoxy) is 1. The Labute approximate surface area is 169 Å². The molecule has 0 unspecified atom stereocenters. The van der Waals surface area contributed by atoms with Crippen molar-refractivity contribution in [1.82, 2.24) is 9.88 Å². The number of carbonyl (C=O) groups is 2. The number of fused-ring (bicyclic) bond motifs is 1. The van der Waals surface area contributed by atoms with E-state index < -0.39 is 5.91 Å². The Hall–Kier alpha value is -3.67. The second-order valence-electron chi connectivity index (χ2n) is 6.81. The summed E-state index contributed by atoms with van der Waals surface area (Å²) < 4.78 is 5.26. The number of para-hydroxylation sites is 2. The second kappa shape index (κ2) is 8.14. The molecule has 1 N–H and O–H groups in total. The van der Waals surface area contributed by atoms with Gasteiger partial charge in [-0.2, -0.15) is 0 Å². The number of carbonyl (C=O) groups excluding carboxylic acids is 2. The number of nitrogens with zero attached hydrogens (tertiary/aromatic N) is 2. The number of hydrogen-bond donors (Lipinski definition) is 1. The number of rotatable bonds is 4. The van der Waals surface area contributed by atoms with Crippen molar-refractivity contribution in [2.24, 2.45) is 0 Å². The highest BCUT2D eigenvalue weighted by Crippen LogP contribution is 2.24. The van der Waals surface area contributed by atoms with E-state index in [2.05, 4.69) is 16.4 Å². The molecule has 0 saturated heterocycles. The predicted molar refractivity (Wildman–Crippen MR) is 110 cm³/mol. The molecular weight excluding hydrogens is 366 g/mol. The lowest BCUT2D eigenvalue weighted by molar-refractivity contribution is 0.0728. The van der Waals surface area contributed by atoms with Crippen LogP contribution >= 0.6 is 0 Å². The lowest BCUT2D eigenvalue weighted by atomic mass is 10.00. The number of pyridine rings is 1. The molecule has 6 nitrogen and oxygen atoms in total. The van der Waals surface area contributed by atoms with Gasteiger partial charge in [0.25, 0.3) is 11.8 Å². The van der Waals surface area contributed by atoms with Crippen LogP contribution in [0.15, 0.2) is 66.7 Å². The fourth-order valence-corrected chi connectivity index (χ4v) is 3.45. The third-order valence-corrected chi connectivity index (χ3v) is 4.97. The maximum absolute atomic E-state index is 13.0. The van der Waals surface area contributed by atoms with E-state index in [4.69, 9.17) is 4.74 Å². The van der Waals surface area contributed by atoms with Gasteiger partial charge in [0.1, 0.15) is 17.1 Å². The van der Waals surface area contributed by atoms with Gasteiger partial charge < -0.3 is 15.0 Å². The average molecular weight is 387 g/mol. The standard InChI is InChI=1S/C23H21N3O3/c1-29-21-12-5-4-9-18(21)25-22(27)19-10-6-11-20(24-19)23(28)26-14-13-16-7-2-3-8-17(16)15-26/h2-12H,13-15H2,1H3,(H,25,27). The zero-order valence-corrected chi connectivity index (χ0v) is 16.1. The van der Waals surface area contributed by atoms with E-state index in [9.17, 15) is 9.59 Å². The molecule has 2 aromatic carbocycles. The van der Waals surface area contributed by atoms with E-state index in [0.29, 0.717) is 24.5 Å². The van der Waals surface area contributed by atoms with Crippen molar-refractivity contribution in [3.63, 3.8) is 0 Å². The van der Waals surface area contributed by atoms with Crippen LogP contribution < -0.4 is 10.1 Å². The smallest absolute Gasteiger partial charge is 0.274 e. The Bertz CT molecular complexity index is 1060. The first kappa shape index (κ1) is 18.7. The Morgan fingerprint density at radius 1 is 0.931 bits per heavy atom. The highest BCUT2D eigenvalue weighted by molar-refractivity contribution is 6.04. The molecule has 0 fully saturated rings. The van der Waals surface area contributed by atoms with Crippen LogP contribution in [0.2, 0.25) is 0 Å². The van der Waals surface area contributed by atoms with Crippen LogP contribution in [0.1, 0.15) is 32.1 Å². The Kier molecular flexibility index (Phi) is 5.24. The summed E-state index contributed by atoms with van der Waals surface area (Å²) in [7, 11) is 1.54. The number of benzene rings is 2. The molecule has 1 aliphatic heterocycles. The summed E-state index contributed by atoms with van der Waals surface area (Å²) in [5.74, 6) is -0.0142. The minimum absolute atomic E-state index is 0.175. The summed E-state index contributed by atoms with van der Waals surface area (Å²) in [5.41, 5.74) is 3.41. The van der Waals surface area contributed by atoms with Crippen molar-refractivity contribution in [3.05, 3.63) is 89.2 Å². The van der Waals surface area contributed by atoms with Crippen molar-refractivity contribution in [3.8, 4) is 5.75 Å². The van der Waals surface area contributed by atoms with E-state index in [0.717, 1.165) is 12.0 Å². The number of nitrogens with one attached hydrogen (secondary N) is 1. The van der Waals surface area contributed by atoms with E-state index >= 15 is 0 Å². The van der Waals surface area contributed by atoms with Crippen LogP contribution in [0, 0.1) is 0 Å². The third-order valence-electron chi connectivity index (χ3n) is 4.97. The molecule has 6 heteroatoms. The summed E-state index contributed by atoms with van der Waals surface area (Å²) in [6, 6.07) is 20.2. The third kappa shape index (κ3) is 3.96. The van der Waals surface area contributed by atoms with Gasteiger partial charge in [-0.1, -0.05) is 42.5 Å². The first-order valence-electron chi connectivity index (χ1n) is 9.43. The molecule has 0 spiro atoms. The minimum atomic E-state index is -0.395. The maximum Gasteiger partial charge on any atom is 0.274 e. The molecule has 1 aliphatic rings. The molecule has 0 atom stereocenters. The van der Waals surface area contributed by atoms with Gasteiger partial charge in [-0.25, -0.2) is 4.98 Å². The lowest BCUT2D eigenvalue weighted by Crippen LogP contribution is -2.36. The zero-order valence-electron chi connectivity index (χ0n) is 16.1. The van der Waals surface area contributed by atoms with Gasteiger partial charge in [0.15, 0.2) is 0 Å². The van der Waals surface area contributed by atoms with Gasteiger partial charge in [-0.05, 0) is 41.8 Å². The van der Waals surface area contributed by atoms with Crippen LogP contribution in [-0.4, -0.2) is 35.4 Å². The fraction of sp³-hybridized carbons (Fsp3) is 0.174. The van der Waals surface area contributed by atoms with Gasteiger partial charge in [0.05, 0.1) is 12.8 Å². The molecule has 0 bridgehead atoms. The van der Waals surface area contributed by atoms with Crippen LogP contribution in [-0.2, 0) is 13.0 Å². The first-order valence-corrected chi connectivity index (χ1v) is 9.43. The number of hydrogen-bond acceptors (Lipinski definition) is 4. The molecular formula is C23H21N3O3. The van der Waals surface area contributed by atoms with Crippen molar-refractivity contribution in [2.45, 2.75) is 13.0 Å². The first-order chi connectivity index (χ1) is 14.2. The van der Waals surface area contributed by atoms with Crippen LogP contribution in [0.25, 0.3) is 0 Å². The van der Waals surface area contributed by atoms with E-state index in [1.165, 1.54) is 5.56 Å². The maximum atomic E-state index is 13.0. The number of methoxy groups -OCH3 is 1. The molecule has 146 valence electrons. The number of amides is 2. The molecule has 0 radical (unpaired) electrons. The highest BCUT2D eigenvalue weighted by atomic mass is 16.5.